The molecule has 1 heterocycles. The van der Waals surface area contributed by atoms with Gasteiger partial charge < -0.3 is 5.32 Å². The molecule has 0 radical (unpaired) electrons. The highest BCUT2D eigenvalue weighted by atomic mass is 19.4. The van der Waals surface area contributed by atoms with Crippen molar-refractivity contribution in [3.63, 3.8) is 0 Å². The number of hydrogen-bond donors (Lipinski definition) is 1. The van der Waals surface area contributed by atoms with E-state index in [1.165, 1.54) is 25.1 Å². The predicted molar refractivity (Wildman–Crippen MR) is 116 cm³/mol. The molecule has 32 heavy (non-hydrogen) atoms. The van der Waals surface area contributed by atoms with Crippen molar-refractivity contribution in [3.05, 3.63) is 94.9 Å². The van der Waals surface area contributed by atoms with E-state index >= 15 is 0 Å². The summed E-state index contributed by atoms with van der Waals surface area (Å²) in [5.74, 6) is -0.625. The first-order valence-electron chi connectivity index (χ1n) is 9.81. The summed E-state index contributed by atoms with van der Waals surface area (Å²) >= 11 is 0. The number of aromatic nitrogens is 2. The largest absolute Gasteiger partial charge is 0.438 e. The predicted octanol–water partition coefficient (Wildman–Crippen LogP) is 5.28. The van der Waals surface area contributed by atoms with Crippen LogP contribution in [-0.2, 0) is 11.0 Å². The zero-order chi connectivity index (χ0) is 22.9. The Morgan fingerprint density at radius 2 is 1.56 bits per heavy atom. The quantitative estimate of drug-likeness (QED) is 0.472. The molecule has 0 saturated heterocycles. The van der Waals surface area contributed by atoms with Crippen LogP contribution in [0.2, 0.25) is 0 Å². The minimum atomic E-state index is -4.95. The van der Waals surface area contributed by atoms with Crippen molar-refractivity contribution < 1.29 is 18.0 Å². The molecule has 1 atom stereocenters. The Balaban J connectivity index is 1.77. The van der Waals surface area contributed by atoms with Crippen LogP contribution in [0.1, 0.15) is 18.7 Å². The van der Waals surface area contributed by atoms with Crippen LogP contribution < -0.4 is 10.9 Å². The average molecular weight is 437 g/mol. The number of anilines is 1. The van der Waals surface area contributed by atoms with E-state index in [9.17, 15) is 22.8 Å². The molecule has 0 aliphatic rings. The van der Waals surface area contributed by atoms with Crippen LogP contribution in [0, 0.1) is 0 Å². The van der Waals surface area contributed by atoms with Crippen molar-refractivity contribution >= 4 is 22.6 Å². The second-order valence-electron chi connectivity index (χ2n) is 7.20. The zero-order valence-electron chi connectivity index (χ0n) is 16.9. The summed E-state index contributed by atoms with van der Waals surface area (Å²) in [5, 5.41) is 2.76. The molecular formula is C24H18F3N3O2. The van der Waals surface area contributed by atoms with Crippen molar-refractivity contribution in [3.8, 4) is 11.1 Å². The Bertz CT molecular complexity index is 1350. The molecule has 8 heteroatoms. The van der Waals surface area contributed by atoms with Gasteiger partial charge in [0.1, 0.15) is 6.04 Å². The molecule has 0 spiro atoms. The molecule has 0 fully saturated rings. The highest BCUT2D eigenvalue weighted by molar-refractivity contribution is 5.98. The van der Waals surface area contributed by atoms with E-state index in [-0.39, 0.29) is 11.0 Å². The van der Waals surface area contributed by atoms with Gasteiger partial charge in [-0.1, -0.05) is 60.7 Å². The van der Waals surface area contributed by atoms with E-state index < -0.39 is 29.4 Å². The number of nitrogens with zero attached hydrogens (tertiary/aromatic N) is 2. The Hall–Kier alpha value is -3.94. The van der Waals surface area contributed by atoms with Gasteiger partial charge in [0.05, 0.1) is 11.0 Å². The number of para-hydroxylation sites is 3. The first-order chi connectivity index (χ1) is 15.3. The topological polar surface area (TPSA) is 64.0 Å². The summed E-state index contributed by atoms with van der Waals surface area (Å²) in [5.41, 5.74) is -0.708. The molecule has 0 aliphatic heterocycles. The molecule has 1 aromatic heterocycles. The molecule has 5 nitrogen and oxygen atoms in total. The number of nitrogens with one attached hydrogen (secondary N) is 1. The zero-order valence-corrected chi connectivity index (χ0v) is 16.9. The summed E-state index contributed by atoms with van der Waals surface area (Å²) in [7, 11) is 0. The molecule has 4 rings (SSSR count). The molecule has 0 saturated carbocycles. The first-order valence-corrected chi connectivity index (χ1v) is 9.81. The van der Waals surface area contributed by atoms with Gasteiger partial charge in [0.15, 0.2) is 0 Å². The second kappa shape index (κ2) is 8.30. The maximum atomic E-state index is 13.4. The lowest BCUT2D eigenvalue weighted by Gasteiger charge is -2.20. The smallest absolute Gasteiger partial charge is 0.324 e. The van der Waals surface area contributed by atoms with E-state index in [2.05, 4.69) is 10.3 Å². The van der Waals surface area contributed by atoms with Crippen LogP contribution in [0.5, 0.6) is 0 Å². The monoisotopic (exact) mass is 437 g/mol. The SMILES string of the molecule is CC(C(=O)Nc1ccccc1-c1ccccc1)n1c(=O)c(C(F)(F)F)nc2ccccc21. The van der Waals surface area contributed by atoms with Gasteiger partial charge in [0, 0.05) is 11.3 Å². The van der Waals surface area contributed by atoms with Crippen LogP contribution in [0.3, 0.4) is 0 Å². The molecule has 1 N–H and O–H groups in total. The maximum Gasteiger partial charge on any atom is 0.438 e. The number of carbonyl (C=O) groups excluding carboxylic acids is 1. The molecule has 0 bridgehead atoms. The molecule has 3 aromatic carbocycles. The summed E-state index contributed by atoms with van der Waals surface area (Å²) in [6, 6.07) is 21.1. The number of alkyl halides is 3. The third-order valence-electron chi connectivity index (χ3n) is 5.10. The van der Waals surface area contributed by atoms with Crippen molar-refractivity contribution in [1.29, 1.82) is 0 Å². The molecule has 162 valence electrons. The third-order valence-corrected chi connectivity index (χ3v) is 5.10. The normalized spacial score (nSPS) is 12.5. The number of carbonyl (C=O) groups is 1. The van der Waals surface area contributed by atoms with Gasteiger partial charge in [0.2, 0.25) is 11.6 Å². The van der Waals surface area contributed by atoms with Gasteiger partial charge in [0.25, 0.3) is 5.56 Å². The first kappa shape index (κ1) is 21.3. The number of halogens is 3. The van der Waals surface area contributed by atoms with E-state index in [1.807, 2.05) is 42.5 Å². The number of amides is 1. The van der Waals surface area contributed by atoms with Gasteiger partial charge in [-0.3, -0.25) is 14.2 Å². The summed E-state index contributed by atoms with van der Waals surface area (Å²) in [4.78, 5) is 29.3. The van der Waals surface area contributed by atoms with Gasteiger partial charge in [-0.05, 0) is 30.7 Å². The van der Waals surface area contributed by atoms with Crippen molar-refractivity contribution in [2.24, 2.45) is 0 Å². The number of fused-ring (bicyclic) bond motifs is 1. The number of rotatable bonds is 4. The summed E-state index contributed by atoms with van der Waals surface area (Å²) < 4.78 is 41.1. The van der Waals surface area contributed by atoms with Gasteiger partial charge in [-0.2, -0.15) is 13.2 Å². The second-order valence-corrected chi connectivity index (χ2v) is 7.20. The number of benzene rings is 3. The van der Waals surface area contributed by atoms with Crippen LogP contribution in [0.4, 0.5) is 18.9 Å². The van der Waals surface area contributed by atoms with Gasteiger partial charge >= 0.3 is 6.18 Å². The average Bonchev–Trinajstić information content (AvgIpc) is 2.78. The highest BCUT2D eigenvalue weighted by Gasteiger charge is 2.38. The maximum absolute atomic E-state index is 13.4. The Kier molecular flexibility index (Phi) is 5.52. The van der Waals surface area contributed by atoms with Crippen LogP contribution in [-0.4, -0.2) is 15.5 Å². The molecule has 0 aliphatic carbocycles. The molecule has 1 amide bonds. The minimum Gasteiger partial charge on any atom is -0.324 e. The fourth-order valence-electron chi connectivity index (χ4n) is 3.54. The van der Waals surface area contributed by atoms with Crippen molar-refractivity contribution in [1.82, 2.24) is 9.55 Å². The fraction of sp³-hybridized carbons (Fsp3) is 0.125. The standard InChI is InChI=1S/C24H18F3N3O2/c1-15(22(31)29-18-12-6-5-11-17(18)16-9-3-2-4-10-16)30-20-14-8-7-13-19(20)28-21(23(30)32)24(25,26)27/h2-15H,1H3,(H,29,31). The minimum absolute atomic E-state index is 0.0243. The van der Waals surface area contributed by atoms with Crippen molar-refractivity contribution in [2.45, 2.75) is 19.1 Å². The Morgan fingerprint density at radius 3 is 2.28 bits per heavy atom. The summed E-state index contributed by atoms with van der Waals surface area (Å²) in [6.45, 7) is 1.38. The van der Waals surface area contributed by atoms with Crippen LogP contribution in [0.25, 0.3) is 22.2 Å². The Morgan fingerprint density at radius 1 is 0.938 bits per heavy atom. The van der Waals surface area contributed by atoms with Crippen molar-refractivity contribution in [2.75, 3.05) is 5.32 Å². The lowest BCUT2D eigenvalue weighted by molar-refractivity contribution is -0.142. The van der Waals surface area contributed by atoms with Crippen LogP contribution >= 0.6 is 0 Å². The van der Waals surface area contributed by atoms with E-state index in [0.29, 0.717) is 5.69 Å². The highest BCUT2D eigenvalue weighted by Crippen LogP contribution is 2.30. The van der Waals surface area contributed by atoms with E-state index in [4.69, 9.17) is 0 Å². The Labute approximate surface area is 181 Å². The van der Waals surface area contributed by atoms with Gasteiger partial charge in [-0.15, -0.1) is 0 Å². The van der Waals surface area contributed by atoms with Gasteiger partial charge in [-0.25, -0.2) is 4.98 Å². The van der Waals surface area contributed by atoms with E-state index in [0.717, 1.165) is 15.7 Å². The molecule has 1 unspecified atom stereocenters. The number of hydrogen-bond acceptors (Lipinski definition) is 3. The molecule has 4 aromatic rings. The lowest BCUT2D eigenvalue weighted by Crippen LogP contribution is -2.36. The summed E-state index contributed by atoms with van der Waals surface area (Å²) in [6.07, 6.45) is -4.95. The fourth-order valence-corrected chi connectivity index (χ4v) is 3.54. The molecular weight excluding hydrogens is 419 g/mol. The lowest BCUT2D eigenvalue weighted by atomic mass is 10.0. The van der Waals surface area contributed by atoms with E-state index in [1.54, 1.807) is 18.2 Å². The van der Waals surface area contributed by atoms with Crippen LogP contribution in [0.15, 0.2) is 83.7 Å². The third kappa shape index (κ3) is 3.99.